The van der Waals surface area contributed by atoms with Crippen molar-refractivity contribution in [3.8, 4) is 0 Å². The molecule has 0 rings (SSSR count). The van der Waals surface area contributed by atoms with Crippen molar-refractivity contribution in [2.24, 2.45) is 0 Å². The summed E-state index contributed by atoms with van der Waals surface area (Å²) in [6.45, 7) is 54.0. The standard InChI is InChI=1S/12CO.3Ru/c12*1-2;;;. The zero-order chi connectivity index (χ0) is 24.0. The van der Waals surface area contributed by atoms with Crippen LogP contribution in [0.5, 0.6) is 0 Å². The molecule has 12 nitrogen and oxygen atoms in total. The largest absolute Gasteiger partial charge is 0 e. The summed E-state index contributed by atoms with van der Waals surface area (Å²) in [5.74, 6) is 0. The van der Waals surface area contributed by atoms with Gasteiger partial charge in [-0.05, 0) is 0 Å². The Hall–Kier alpha value is -1.25. The van der Waals surface area contributed by atoms with Gasteiger partial charge in [-0.2, -0.15) is 0 Å². The molecule has 0 aromatic rings. The summed E-state index contributed by atoms with van der Waals surface area (Å²) in [6.07, 6.45) is 0. The first kappa shape index (κ1) is 136. The number of hydrogen-bond donors (Lipinski definition) is 0. The molecule has 0 fully saturated rings. The van der Waals surface area contributed by atoms with E-state index in [0.717, 1.165) is 0 Å². The fourth-order valence-corrected chi connectivity index (χ4v) is 0. The molecule has 0 heterocycles. The van der Waals surface area contributed by atoms with Crippen LogP contribution in [0.15, 0.2) is 0 Å². The van der Waals surface area contributed by atoms with Crippen LogP contribution in [-0.2, 0) is 114 Å². The van der Waals surface area contributed by atoms with Crippen LogP contribution in [0.3, 0.4) is 0 Å². The van der Waals surface area contributed by atoms with Crippen molar-refractivity contribution >= 4 is 0 Å². The third kappa shape index (κ3) is 8200. The van der Waals surface area contributed by atoms with Crippen molar-refractivity contribution in [3.63, 3.8) is 0 Å². The molecule has 0 aliphatic rings. The van der Waals surface area contributed by atoms with E-state index in [1.54, 1.807) is 0 Å². The van der Waals surface area contributed by atoms with Crippen LogP contribution >= 0.6 is 0 Å². The Morgan fingerprint density at radius 3 is 0.148 bits per heavy atom. The maximum atomic E-state index is 7.50. The van der Waals surface area contributed by atoms with Crippen LogP contribution in [0.25, 0.3) is 0 Å². The number of hydrogen-bond acceptors (Lipinski definition) is 0. The quantitative estimate of drug-likeness (QED) is 0.186. The molecule has 15 heteroatoms. The van der Waals surface area contributed by atoms with E-state index in [0.29, 0.717) is 0 Å². The maximum absolute atomic E-state index is 7.50. The third-order valence-electron chi connectivity index (χ3n) is 0. The molecule has 0 aliphatic heterocycles. The Kier molecular flexibility index (Phi) is 45200. The molecule has 0 radical (unpaired) electrons. The van der Waals surface area contributed by atoms with E-state index < -0.39 is 0 Å². The second kappa shape index (κ2) is 8940. The predicted octanol–water partition coefficient (Wildman–Crippen LogP) is -0.458. The molecule has 0 amide bonds. The van der Waals surface area contributed by atoms with Gasteiger partial charge in [0.1, 0.15) is 0 Å². The first-order valence-corrected chi connectivity index (χ1v) is 2.45. The summed E-state index contributed by atoms with van der Waals surface area (Å²) in [4.78, 5) is 0. The van der Waals surface area contributed by atoms with E-state index in [1.807, 2.05) is 0 Å². The van der Waals surface area contributed by atoms with Crippen molar-refractivity contribution in [3.05, 3.63) is 79.8 Å². The zero-order valence-corrected chi connectivity index (χ0v) is 17.2. The van der Waals surface area contributed by atoms with Gasteiger partial charge in [-0.1, -0.05) is 0 Å². The van der Waals surface area contributed by atoms with Crippen LogP contribution in [0.1, 0.15) is 0 Å². The minimum Gasteiger partial charge on any atom is 0 e. The molecule has 0 saturated heterocycles. The normalized spacial score (nSPS) is 0.889. The van der Waals surface area contributed by atoms with Crippen LogP contribution in [0.2, 0.25) is 0 Å². The molecule has 0 aromatic carbocycles. The minimum absolute atomic E-state index is 0. The van der Waals surface area contributed by atoms with E-state index in [-0.39, 0.29) is 58.4 Å². The van der Waals surface area contributed by atoms with E-state index in [4.69, 9.17) is 55.8 Å². The second-order valence-electron chi connectivity index (χ2n) is 0. The van der Waals surface area contributed by atoms with E-state index in [1.165, 1.54) is 0 Å². The average molecular weight is 639 g/mol. The van der Waals surface area contributed by atoms with Gasteiger partial charge >= 0.3 is 136 Å². The molecule has 0 saturated carbocycles. The third-order valence-corrected chi connectivity index (χ3v) is 0. The molecule has 0 N–H and O–H groups in total. The number of rotatable bonds is 0. The minimum atomic E-state index is 0. The molecule has 0 spiro atoms. The Bertz CT molecular complexity index is 224. The SMILES string of the molecule is [C-]#[O+].[C-]#[O+].[C-]#[O+].[C-]#[O+].[C-]#[O+].[C-]#[O+].[C-]#[O+].[C-]#[O+].[C-]#[O+].[C-]#[O+].[C-]#[O+].[C-]#[O+].[Ru].[Ru].[Ru]. The second-order valence-corrected chi connectivity index (χ2v) is 0. The molecular weight excluding hydrogens is 639 g/mol. The van der Waals surface area contributed by atoms with Gasteiger partial charge in [0.05, 0.1) is 0 Å². The Balaban J connectivity index is -0.00000000443. The average Bonchev–Trinajstić information content (AvgIpc) is 2.84. The van der Waals surface area contributed by atoms with Crippen LogP contribution in [0.4, 0.5) is 0 Å². The fourth-order valence-electron chi connectivity index (χ4n) is 0. The Morgan fingerprint density at radius 1 is 0.148 bits per heavy atom. The van der Waals surface area contributed by atoms with Gasteiger partial charge in [-0.15, -0.1) is 0 Å². The molecular formula is C12O12Ru3. The zero-order valence-electron chi connectivity index (χ0n) is 12.0. The smallest absolute Gasteiger partial charge is 0 e. The van der Waals surface area contributed by atoms with E-state index >= 15 is 0 Å². The van der Waals surface area contributed by atoms with Crippen molar-refractivity contribution < 1.29 is 114 Å². The van der Waals surface area contributed by atoms with Crippen molar-refractivity contribution in [2.45, 2.75) is 0 Å². The van der Waals surface area contributed by atoms with Crippen molar-refractivity contribution in [1.82, 2.24) is 0 Å². The summed E-state index contributed by atoms with van der Waals surface area (Å²) < 4.78 is 90.0. The van der Waals surface area contributed by atoms with Gasteiger partial charge in [0.15, 0.2) is 0 Å². The van der Waals surface area contributed by atoms with Gasteiger partial charge in [0, 0.05) is 58.4 Å². The predicted molar refractivity (Wildman–Crippen MR) is 47.2 cm³/mol. The monoisotopic (exact) mass is 642 g/mol. The molecule has 0 aromatic heterocycles. The first-order valence-electron chi connectivity index (χ1n) is 2.45. The summed E-state index contributed by atoms with van der Waals surface area (Å²) in [7, 11) is 0. The summed E-state index contributed by atoms with van der Waals surface area (Å²) in [5, 5.41) is 0. The molecule has 144 valence electrons. The van der Waals surface area contributed by atoms with E-state index in [2.05, 4.69) is 79.8 Å². The summed E-state index contributed by atoms with van der Waals surface area (Å²) >= 11 is 0. The topological polar surface area (TPSA) is 239 Å². The van der Waals surface area contributed by atoms with Crippen LogP contribution in [-0.4, -0.2) is 0 Å². The van der Waals surface area contributed by atoms with Gasteiger partial charge in [0.25, 0.3) is 0 Å². The van der Waals surface area contributed by atoms with Crippen LogP contribution in [0, 0.1) is 79.8 Å². The molecule has 0 bridgehead atoms. The molecule has 0 atom stereocenters. The van der Waals surface area contributed by atoms with Gasteiger partial charge in [-0.25, -0.2) is 0 Å². The Morgan fingerprint density at radius 2 is 0.148 bits per heavy atom. The van der Waals surface area contributed by atoms with Crippen molar-refractivity contribution in [2.75, 3.05) is 0 Å². The van der Waals surface area contributed by atoms with Gasteiger partial charge in [0.2, 0.25) is 0 Å². The molecule has 0 aliphatic carbocycles. The molecule has 0 unspecified atom stereocenters. The molecule has 27 heavy (non-hydrogen) atoms. The van der Waals surface area contributed by atoms with Crippen LogP contribution < -0.4 is 0 Å². The van der Waals surface area contributed by atoms with Gasteiger partial charge in [-0.3, -0.25) is 0 Å². The van der Waals surface area contributed by atoms with Gasteiger partial charge < -0.3 is 0 Å². The first-order chi connectivity index (χ1) is 12.0. The maximum Gasteiger partial charge on any atom is 0 e. The Labute approximate surface area is 193 Å². The van der Waals surface area contributed by atoms with Crippen molar-refractivity contribution in [1.29, 1.82) is 0 Å². The summed E-state index contributed by atoms with van der Waals surface area (Å²) in [5.41, 5.74) is 0. The summed E-state index contributed by atoms with van der Waals surface area (Å²) in [6, 6.07) is 0. The van der Waals surface area contributed by atoms with E-state index in [9.17, 15) is 0 Å². The fraction of sp³-hybridized carbons (Fsp3) is 0.